The Balaban J connectivity index is 1.70. The van der Waals surface area contributed by atoms with Gasteiger partial charge in [0.2, 0.25) is 5.82 Å². The van der Waals surface area contributed by atoms with Crippen molar-refractivity contribution in [3.8, 4) is 5.88 Å². The van der Waals surface area contributed by atoms with Crippen molar-refractivity contribution in [2.45, 2.75) is 17.7 Å². The topological polar surface area (TPSA) is 81.2 Å². The fourth-order valence-corrected chi connectivity index (χ4v) is 4.78. The maximum Gasteiger partial charge on any atom is 0.416 e. The van der Waals surface area contributed by atoms with Gasteiger partial charge in [0.15, 0.2) is 0 Å². The Labute approximate surface area is 202 Å². The van der Waals surface area contributed by atoms with Gasteiger partial charge in [0.05, 0.1) is 26.6 Å². The third kappa shape index (κ3) is 5.19. The molecule has 176 valence electrons. The minimum absolute atomic E-state index is 0.0372. The number of halogens is 5. The lowest BCUT2D eigenvalue weighted by Crippen LogP contribution is -2.16. The van der Waals surface area contributed by atoms with Gasteiger partial charge in [-0.1, -0.05) is 53.5 Å². The Morgan fingerprint density at radius 3 is 2.29 bits per heavy atom. The molecule has 1 heterocycles. The number of nitrogens with one attached hydrogen (secondary N) is 1. The summed E-state index contributed by atoms with van der Waals surface area (Å²) in [6, 6.07) is 15.3. The molecular weight excluding hydrogens is 514 g/mol. The second kappa shape index (κ2) is 9.28. The molecule has 0 fully saturated rings. The number of hydrogen-bond acceptors (Lipinski definition) is 5. The molecule has 0 radical (unpaired) electrons. The van der Waals surface area contributed by atoms with Crippen molar-refractivity contribution in [1.82, 2.24) is 9.97 Å². The number of anilines is 1. The zero-order chi connectivity index (χ0) is 24.5. The molecule has 4 rings (SSSR count). The first-order valence-electron chi connectivity index (χ1n) is 9.57. The van der Waals surface area contributed by atoms with E-state index >= 15 is 0 Å². The average molecular weight is 528 g/mol. The van der Waals surface area contributed by atoms with Gasteiger partial charge in [0, 0.05) is 0 Å². The Morgan fingerprint density at radius 1 is 0.912 bits per heavy atom. The van der Waals surface area contributed by atoms with Crippen LogP contribution in [0.2, 0.25) is 10.0 Å². The largest absolute Gasteiger partial charge is 0.470 e. The lowest BCUT2D eigenvalue weighted by Gasteiger charge is -2.14. The van der Waals surface area contributed by atoms with Crippen LogP contribution in [0, 0.1) is 0 Å². The van der Waals surface area contributed by atoms with E-state index in [1.807, 2.05) is 0 Å². The molecule has 0 spiro atoms. The van der Waals surface area contributed by atoms with Gasteiger partial charge in [-0.3, -0.25) is 4.72 Å². The monoisotopic (exact) mass is 527 g/mol. The SMILES string of the molecule is O=S(=O)(Nc1nc2ccccc2nc1OCc1cccc(C(F)(F)F)c1)c1cccc(Cl)c1Cl. The molecule has 0 aliphatic heterocycles. The van der Waals surface area contributed by atoms with Crippen LogP contribution in [0.1, 0.15) is 11.1 Å². The van der Waals surface area contributed by atoms with Gasteiger partial charge in [-0.15, -0.1) is 0 Å². The highest BCUT2D eigenvalue weighted by atomic mass is 35.5. The molecule has 0 atom stereocenters. The van der Waals surface area contributed by atoms with Crippen molar-refractivity contribution in [2.24, 2.45) is 0 Å². The summed E-state index contributed by atoms with van der Waals surface area (Å²) >= 11 is 12.0. The van der Waals surface area contributed by atoms with Crippen molar-refractivity contribution >= 4 is 50.1 Å². The third-order valence-corrected chi connectivity index (χ3v) is 6.92. The van der Waals surface area contributed by atoms with E-state index in [4.69, 9.17) is 27.9 Å². The fraction of sp³-hybridized carbons (Fsp3) is 0.0909. The predicted octanol–water partition coefficient (Wildman–Crippen LogP) is 6.34. The van der Waals surface area contributed by atoms with Crippen LogP contribution in [-0.4, -0.2) is 18.4 Å². The van der Waals surface area contributed by atoms with Crippen molar-refractivity contribution in [3.05, 3.63) is 87.9 Å². The van der Waals surface area contributed by atoms with Crippen LogP contribution in [0.25, 0.3) is 11.0 Å². The summed E-state index contributed by atoms with van der Waals surface area (Å²) in [4.78, 5) is 8.27. The van der Waals surface area contributed by atoms with Crippen LogP contribution in [0.4, 0.5) is 19.0 Å². The summed E-state index contributed by atoms with van der Waals surface area (Å²) in [6.07, 6.45) is -4.52. The van der Waals surface area contributed by atoms with Crippen molar-refractivity contribution in [3.63, 3.8) is 0 Å². The number of ether oxygens (including phenoxy) is 1. The number of nitrogens with zero attached hydrogens (tertiary/aromatic N) is 2. The van der Waals surface area contributed by atoms with Gasteiger partial charge in [0.1, 0.15) is 11.5 Å². The van der Waals surface area contributed by atoms with Gasteiger partial charge in [-0.05, 0) is 42.0 Å². The van der Waals surface area contributed by atoms with Gasteiger partial charge < -0.3 is 4.74 Å². The van der Waals surface area contributed by atoms with Crippen LogP contribution in [-0.2, 0) is 22.8 Å². The van der Waals surface area contributed by atoms with E-state index < -0.39 is 21.8 Å². The summed E-state index contributed by atoms with van der Waals surface area (Å²) in [5.74, 6) is -0.487. The molecule has 0 aliphatic rings. The first-order valence-corrected chi connectivity index (χ1v) is 11.8. The maximum atomic E-state index is 13.0. The molecular formula is C22H14Cl2F3N3O3S. The molecule has 1 aromatic heterocycles. The van der Waals surface area contributed by atoms with Gasteiger partial charge in [-0.25, -0.2) is 18.4 Å². The summed E-state index contributed by atoms with van der Waals surface area (Å²) in [7, 11) is -4.26. The van der Waals surface area contributed by atoms with E-state index in [-0.39, 0.29) is 38.8 Å². The van der Waals surface area contributed by atoms with Crippen molar-refractivity contribution in [2.75, 3.05) is 4.72 Å². The number of rotatable bonds is 6. The molecule has 0 bridgehead atoms. The van der Waals surface area contributed by atoms with Crippen LogP contribution in [0.5, 0.6) is 5.88 Å². The third-order valence-electron chi connectivity index (χ3n) is 4.61. The molecule has 0 unspecified atom stereocenters. The fourth-order valence-electron chi connectivity index (χ4n) is 3.01. The zero-order valence-electron chi connectivity index (χ0n) is 17.0. The number of fused-ring (bicyclic) bond motifs is 1. The number of hydrogen-bond donors (Lipinski definition) is 1. The number of para-hydroxylation sites is 2. The summed E-state index contributed by atoms with van der Waals surface area (Å²) in [5.41, 5.74) is 0.125. The van der Waals surface area contributed by atoms with E-state index in [9.17, 15) is 21.6 Å². The molecule has 0 saturated heterocycles. The van der Waals surface area contributed by atoms with E-state index in [0.717, 1.165) is 12.1 Å². The highest BCUT2D eigenvalue weighted by molar-refractivity contribution is 7.92. The molecule has 12 heteroatoms. The normalized spacial score (nSPS) is 12.0. The van der Waals surface area contributed by atoms with Gasteiger partial charge in [-0.2, -0.15) is 13.2 Å². The first-order chi connectivity index (χ1) is 16.0. The van der Waals surface area contributed by atoms with Crippen molar-refractivity contribution in [1.29, 1.82) is 0 Å². The highest BCUT2D eigenvalue weighted by Gasteiger charge is 2.30. The summed E-state index contributed by atoms with van der Waals surface area (Å²) < 4.78 is 72.9. The smallest absolute Gasteiger partial charge is 0.416 e. The molecule has 0 aliphatic carbocycles. The predicted molar refractivity (Wildman–Crippen MR) is 123 cm³/mol. The van der Waals surface area contributed by atoms with Crippen LogP contribution in [0.3, 0.4) is 0 Å². The molecule has 1 N–H and O–H groups in total. The summed E-state index contributed by atoms with van der Waals surface area (Å²) in [6.45, 7) is -0.316. The second-order valence-corrected chi connectivity index (χ2v) is 9.45. The lowest BCUT2D eigenvalue weighted by molar-refractivity contribution is -0.137. The quantitative estimate of drug-likeness (QED) is 0.316. The van der Waals surface area contributed by atoms with E-state index in [1.165, 1.54) is 30.3 Å². The minimum atomic E-state index is -4.52. The second-order valence-electron chi connectivity index (χ2n) is 7.01. The van der Waals surface area contributed by atoms with E-state index in [1.54, 1.807) is 24.3 Å². The van der Waals surface area contributed by atoms with Gasteiger partial charge in [0.25, 0.3) is 15.9 Å². The Morgan fingerprint density at radius 2 is 1.59 bits per heavy atom. The van der Waals surface area contributed by atoms with Crippen LogP contribution >= 0.6 is 23.2 Å². The number of alkyl halides is 3. The maximum absolute atomic E-state index is 13.0. The van der Waals surface area contributed by atoms with E-state index in [2.05, 4.69) is 14.7 Å². The Bertz CT molecular complexity index is 1480. The van der Waals surface area contributed by atoms with Crippen LogP contribution < -0.4 is 9.46 Å². The lowest BCUT2D eigenvalue weighted by atomic mass is 10.1. The van der Waals surface area contributed by atoms with Gasteiger partial charge >= 0.3 is 6.18 Å². The molecule has 6 nitrogen and oxygen atoms in total. The minimum Gasteiger partial charge on any atom is -0.470 e. The molecule has 34 heavy (non-hydrogen) atoms. The zero-order valence-corrected chi connectivity index (χ0v) is 19.3. The Kier molecular flexibility index (Phi) is 6.57. The van der Waals surface area contributed by atoms with E-state index in [0.29, 0.717) is 11.0 Å². The number of aromatic nitrogens is 2. The first kappa shape index (κ1) is 24.1. The van der Waals surface area contributed by atoms with Crippen molar-refractivity contribution < 1.29 is 26.3 Å². The number of benzene rings is 3. The molecule has 4 aromatic rings. The standard InChI is InChI=1S/C22H14Cl2F3N3O3S/c23-15-7-4-10-18(19(15)24)34(31,32)30-20-21(29-17-9-2-1-8-16(17)28-20)33-12-13-5-3-6-14(11-13)22(25,26)27/h1-11H,12H2,(H,28,30). The molecule has 0 saturated carbocycles. The van der Waals surface area contributed by atoms with Crippen LogP contribution in [0.15, 0.2) is 71.6 Å². The highest BCUT2D eigenvalue weighted by Crippen LogP contribution is 2.33. The summed E-state index contributed by atoms with van der Waals surface area (Å²) in [5, 5.41) is -0.146. The average Bonchev–Trinajstić information content (AvgIpc) is 2.78. The Hall–Kier alpha value is -3.08. The molecule has 3 aromatic carbocycles. The number of sulfonamides is 1. The molecule has 0 amide bonds.